The molecule has 2 unspecified atom stereocenters. The van der Waals surface area contributed by atoms with E-state index in [-0.39, 0.29) is 25.3 Å². The first-order chi connectivity index (χ1) is 12.6. The Balaban J connectivity index is 2.47. The molecule has 148 valence electrons. The highest BCUT2D eigenvalue weighted by molar-refractivity contribution is 5.94. The van der Waals surface area contributed by atoms with Crippen molar-refractivity contribution >= 4 is 23.5 Å². The minimum Gasteiger partial charge on any atom is -0.481 e. The van der Waals surface area contributed by atoms with Gasteiger partial charge in [0.05, 0.1) is 24.2 Å². The summed E-state index contributed by atoms with van der Waals surface area (Å²) in [5.41, 5.74) is 3.76. The summed E-state index contributed by atoms with van der Waals surface area (Å²) < 4.78 is 0. The van der Waals surface area contributed by atoms with Gasteiger partial charge in [-0.2, -0.15) is 0 Å². The van der Waals surface area contributed by atoms with Gasteiger partial charge in [0, 0.05) is 20.0 Å². The van der Waals surface area contributed by atoms with Gasteiger partial charge < -0.3 is 10.2 Å². The number of amides is 1. The van der Waals surface area contributed by atoms with Crippen molar-refractivity contribution in [2.24, 2.45) is 5.92 Å². The molecule has 0 saturated carbocycles. The van der Waals surface area contributed by atoms with Crippen LogP contribution in [0.3, 0.4) is 0 Å². The standard InChI is InChI=1S/C20H28N2O5/c1-12-9-13(2)19(14(3)10-12)22(15(4)23)17-11-16(20(26)27)5-7-21(17)8-6-18(24)25/h9-10,16-17H,5-8,11H2,1-4H3,(H,24,25)(H,26,27). The fraction of sp³-hybridized carbons (Fsp3) is 0.550. The molecule has 0 bridgehead atoms. The molecule has 2 atom stereocenters. The van der Waals surface area contributed by atoms with Gasteiger partial charge in [-0.1, -0.05) is 17.7 Å². The van der Waals surface area contributed by atoms with Crippen LogP contribution < -0.4 is 4.90 Å². The number of carboxylic acids is 2. The number of aryl methyl sites for hydroxylation is 3. The quantitative estimate of drug-likeness (QED) is 0.792. The van der Waals surface area contributed by atoms with Crippen LogP contribution in [0.2, 0.25) is 0 Å². The normalized spacial score (nSPS) is 20.3. The van der Waals surface area contributed by atoms with Crippen LogP contribution in [-0.4, -0.2) is 52.2 Å². The number of anilines is 1. The average molecular weight is 376 g/mol. The number of piperidine rings is 1. The molecule has 1 fully saturated rings. The number of hydrogen-bond donors (Lipinski definition) is 2. The third kappa shape index (κ3) is 4.86. The summed E-state index contributed by atoms with van der Waals surface area (Å²) in [6, 6.07) is 3.99. The Bertz CT molecular complexity index is 723. The Morgan fingerprint density at radius 1 is 1.15 bits per heavy atom. The topological polar surface area (TPSA) is 98.2 Å². The van der Waals surface area contributed by atoms with Crippen LogP contribution in [0.5, 0.6) is 0 Å². The van der Waals surface area contributed by atoms with E-state index in [0.29, 0.717) is 13.0 Å². The van der Waals surface area contributed by atoms with E-state index in [0.717, 1.165) is 22.4 Å². The Labute approximate surface area is 159 Å². The summed E-state index contributed by atoms with van der Waals surface area (Å²) in [7, 11) is 0. The molecule has 1 heterocycles. The van der Waals surface area contributed by atoms with Crippen molar-refractivity contribution in [1.29, 1.82) is 0 Å². The maximum Gasteiger partial charge on any atom is 0.306 e. The molecule has 1 aliphatic rings. The van der Waals surface area contributed by atoms with Gasteiger partial charge in [-0.3, -0.25) is 24.2 Å². The molecule has 1 aliphatic heterocycles. The van der Waals surface area contributed by atoms with Gasteiger partial charge in [-0.05, 0) is 44.7 Å². The highest BCUT2D eigenvalue weighted by atomic mass is 16.4. The molecule has 1 amide bonds. The van der Waals surface area contributed by atoms with Gasteiger partial charge >= 0.3 is 11.9 Å². The van der Waals surface area contributed by atoms with Crippen molar-refractivity contribution in [3.8, 4) is 0 Å². The maximum absolute atomic E-state index is 12.6. The monoisotopic (exact) mass is 376 g/mol. The Morgan fingerprint density at radius 2 is 1.74 bits per heavy atom. The molecule has 2 rings (SSSR count). The first-order valence-corrected chi connectivity index (χ1v) is 9.18. The lowest BCUT2D eigenvalue weighted by Gasteiger charge is -2.44. The number of nitrogens with zero attached hydrogens (tertiary/aromatic N) is 2. The molecule has 0 aromatic heterocycles. The zero-order valence-corrected chi connectivity index (χ0v) is 16.4. The number of benzene rings is 1. The molecule has 27 heavy (non-hydrogen) atoms. The van der Waals surface area contributed by atoms with E-state index >= 15 is 0 Å². The van der Waals surface area contributed by atoms with Crippen molar-refractivity contribution in [2.45, 2.75) is 53.1 Å². The highest BCUT2D eigenvalue weighted by Gasteiger charge is 2.38. The zero-order valence-electron chi connectivity index (χ0n) is 16.4. The second-order valence-corrected chi connectivity index (χ2v) is 7.36. The van der Waals surface area contributed by atoms with Gasteiger partial charge in [0.25, 0.3) is 0 Å². The number of rotatable bonds is 6. The molecule has 0 aliphatic carbocycles. The third-order valence-corrected chi connectivity index (χ3v) is 5.16. The summed E-state index contributed by atoms with van der Waals surface area (Å²) in [6.07, 6.45) is 0.202. The number of hydrogen-bond acceptors (Lipinski definition) is 4. The van der Waals surface area contributed by atoms with Crippen LogP contribution in [0.15, 0.2) is 12.1 Å². The molecule has 0 spiro atoms. The van der Waals surface area contributed by atoms with Crippen LogP contribution >= 0.6 is 0 Å². The highest BCUT2D eigenvalue weighted by Crippen LogP contribution is 2.34. The smallest absolute Gasteiger partial charge is 0.306 e. The van der Waals surface area contributed by atoms with Gasteiger partial charge in [0.15, 0.2) is 0 Å². The number of carboxylic acid groups (broad SMARTS) is 2. The third-order valence-electron chi connectivity index (χ3n) is 5.16. The number of carbonyl (C=O) groups is 3. The second-order valence-electron chi connectivity index (χ2n) is 7.36. The van der Waals surface area contributed by atoms with Crippen LogP contribution in [0.1, 0.15) is 42.9 Å². The Morgan fingerprint density at radius 3 is 2.22 bits per heavy atom. The summed E-state index contributed by atoms with van der Waals surface area (Å²) in [5, 5.41) is 18.5. The summed E-state index contributed by atoms with van der Waals surface area (Å²) in [4.78, 5) is 38.8. The van der Waals surface area contributed by atoms with E-state index in [1.165, 1.54) is 6.92 Å². The minimum atomic E-state index is -0.911. The molecular weight excluding hydrogens is 348 g/mol. The van der Waals surface area contributed by atoms with Crippen molar-refractivity contribution in [3.63, 3.8) is 0 Å². The largest absolute Gasteiger partial charge is 0.481 e. The first kappa shape index (κ1) is 20.9. The summed E-state index contributed by atoms with van der Waals surface area (Å²) in [5.74, 6) is -2.52. The number of carbonyl (C=O) groups excluding carboxylic acids is 1. The zero-order chi connectivity index (χ0) is 20.3. The lowest BCUT2D eigenvalue weighted by atomic mass is 9.92. The molecule has 7 heteroatoms. The van der Waals surface area contributed by atoms with Crippen LogP contribution in [0.25, 0.3) is 0 Å². The minimum absolute atomic E-state index is 0.0498. The van der Waals surface area contributed by atoms with Gasteiger partial charge in [0.1, 0.15) is 0 Å². The molecule has 0 radical (unpaired) electrons. The first-order valence-electron chi connectivity index (χ1n) is 9.18. The number of likely N-dealkylation sites (tertiary alicyclic amines) is 1. The average Bonchev–Trinajstić information content (AvgIpc) is 2.55. The molecule has 7 nitrogen and oxygen atoms in total. The lowest BCUT2D eigenvalue weighted by Crippen LogP contribution is -2.56. The lowest BCUT2D eigenvalue weighted by molar-refractivity contribution is -0.145. The van der Waals surface area contributed by atoms with Crippen LogP contribution in [0.4, 0.5) is 5.69 Å². The van der Waals surface area contributed by atoms with E-state index in [4.69, 9.17) is 5.11 Å². The van der Waals surface area contributed by atoms with Crippen molar-refractivity contribution in [3.05, 3.63) is 28.8 Å². The van der Waals surface area contributed by atoms with E-state index in [9.17, 15) is 19.5 Å². The predicted molar refractivity (Wildman–Crippen MR) is 102 cm³/mol. The summed E-state index contributed by atoms with van der Waals surface area (Å²) in [6.45, 7) is 8.05. The number of aliphatic carboxylic acids is 2. The maximum atomic E-state index is 12.6. The molecule has 2 N–H and O–H groups in total. The Kier molecular flexibility index (Phi) is 6.59. The predicted octanol–water partition coefficient (Wildman–Crippen LogP) is 2.56. The van der Waals surface area contributed by atoms with E-state index in [1.54, 1.807) is 4.90 Å². The summed E-state index contributed by atoms with van der Waals surface area (Å²) >= 11 is 0. The van der Waals surface area contributed by atoms with E-state index in [1.807, 2.05) is 37.8 Å². The fourth-order valence-corrected chi connectivity index (χ4v) is 4.05. The molecule has 1 aromatic carbocycles. The van der Waals surface area contributed by atoms with Crippen molar-refractivity contribution in [2.75, 3.05) is 18.0 Å². The van der Waals surface area contributed by atoms with Crippen LogP contribution in [0, 0.1) is 26.7 Å². The van der Waals surface area contributed by atoms with Gasteiger partial charge in [0.2, 0.25) is 5.91 Å². The van der Waals surface area contributed by atoms with Crippen LogP contribution in [-0.2, 0) is 14.4 Å². The SMILES string of the molecule is CC(=O)N(c1c(C)cc(C)cc1C)C1CC(C(=O)O)CCN1CCC(=O)O. The van der Waals surface area contributed by atoms with E-state index < -0.39 is 24.0 Å². The fourth-order valence-electron chi connectivity index (χ4n) is 4.05. The van der Waals surface area contributed by atoms with Crippen molar-refractivity contribution in [1.82, 2.24) is 4.90 Å². The van der Waals surface area contributed by atoms with Gasteiger partial charge in [-0.15, -0.1) is 0 Å². The Hall–Kier alpha value is -2.41. The molecule has 1 saturated heterocycles. The van der Waals surface area contributed by atoms with Crippen molar-refractivity contribution < 1.29 is 24.6 Å². The second kappa shape index (κ2) is 8.52. The molecular formula is C20H28N2O5. The van der Waals surface area contributed by atoms with E-state index in [2.05, 4.69) is 0 Å². The van der Waals surface area contributed by atoms with Gasteiger partial charge in [-0.25, -0.2) is 0 Å². The molecule has 1 aromatic rings.